The van der Waals surface area contributed by atoms with Gasteiger partial charge in [0.25, 0.3) is 0 Å². The molecule has 2 fully saturated rings. The summed E-state index contributed by atoms with van der Waals surface area (Å²) in [5, 5.41) is 9.58. The van der Waals surface area contributed by atoms with E-state index in [9.17, 15) is 32.3 Å². The number of ether oxygens (including phenoxy) is 3. The molecular formula is C34H31F4N5O6. The highest BCUT2D eigenvalue weighted by atomic mass is 19.4. The van der Waals surface area contributed by atoms with E-state index in [1.54, 1.807) is 49.3 Å². The van der Waals surface area contributed by atoms with Crippen molar-refractivity contribution in [3.8, 4) is 33.9 Å². The van der Waals surface area contributed by atoms with Gasteiger partial charge in [-0.05, 0) is 67.3 Å². The van der Waals surface area contributed by atoms with E-state index in [1.165, 1.54) is 30.2 Å². The largest absolute Gasteiger partial charge is 0.573 e. The maximum atomic E-state index is 13.8. The Balaban J connectivity index is 1.39. The third kappa shape index (κ3) is 6.65. The number of alkyl halides is 4. The van der Waals surface area contributed by atoms with Crippen LogP contribution in [0.4, 0.5) is 28.3 Å². The molecule has 1 N–H and O–H groups in total. The van der Waals surface area contributed by atoms with Crippen molar-refractivity contribution in [2.45, 2.75) is 52.0 Å². The number of cyclic esters (lactones) is 1. The topological polar surface area (TPSA) is 127 Å². The van der Waals surface area contributed by atoms with Crippen molar-refractivity contribution in [3.63, 3.8) is 0 Å². The van der Waals surface area contributed by atoms with Crippen molar-refractivity contribution >= 4 is 18.0 Å². The van der Waals surface area contributed by atoms with Crippen LogP contribution in [0, 0.1) is 13.8 Å². The average molecular weight is 682 g/mol. The second kappa shape index (κ2) is 12.9. The van der Waals surface area contributed by atoms with Crippen LogP contribution < -0.4 is 14.4 Å². The number of benzene rings is 2. The summed E-state index contributed by atoms with van der Waals surface area (Å²) in [5.41, 5.74) is 4.51. The Labute approximate surface area is 278 Å². The summed E-state index contributed by atoms with van der Waals surface area (Å²) >= 11 is 0. The Kier molecular flexibility index (Phi) is 8.77. The van der Waals surface area contributed by atoms with Gasteiger partial charge in [-0.25, -0.2) is 28.9 Å². The van der Waals surface area contributed by atoms with E-state index in [0.717, 1.165) is 17.2 Å². The van der Waals surface area contributed by atoms with E-state index in [2.05, 4.69) is 14.7 Å². The number of carbonyl (C=O) groups excluding carboxylic acids is 1. The summed E-state index contributed by atoms with van der Waals surface area (Å²) in [6.45, 7) is 5.34. The van der Waals surface area contributed by atoms with Crippen molar-refractivity contribution in [3.05, 3.63) is 82.8 Å². The predicted octanol–water partition coefficient (Wildman–Crippen LogP) is 6.67. The minimum Gasteiger partial charge on any atom is -0.481 e. The third-order valence-electron chi connectivity index (χ3n) is 8.77. The molecule has 256 valence electrons. The fraction of sp³-hybridized carbons (Fsp3) is 0.324. The third-order valence-corrected chi connectivity index (χ3v) is 8.77. The minimum absolute atomic E-state index is 0.102. The van der Waals surface area contributed by atoms with Crippen LogP contribution in [-0.4, -0.2) is 75.8 Å². The van der Waals surface area contributed by atoms with Gasteiger partial charge in [-0.1, -0.05) is 18.2 Å². The minimum atomic E-state index is -4.89. The molecule has 2 aromatic carbocycles. The van der Waals surface area contributed by atoms with Gasteiger partial charge >= 0.3 is 18.4 Å². The molecule has 0 bridgehead atoms. The number of aromatic nitrogens is 3. The van der Waals surface area contributed by atoms with Crippen LogP contribution in [0.15, 0.2) is 54.9 Å². The Hall–Kier alpha value is -5.47. The van der Waals surface area contributed by atoms with Crippen LogP contribution in [-0.2, 0) is 11.3 Å². The van der Waals surface area contributed by atoms with E-state index in [1.807, 2.05) is 6.92 Å². The Morgan fingerprint density at radius 2 is 1.80 bits per heavy atom. The van der Waals surface area contributed by atoms with Gasteiger partial charge in [0, 0.05) is 29.1 Å². The molecule has 15 heteroatoms. The number of hydrogen-bond acceptors (Lipinski definition) is 9. The summed E-state index contributed by atoms with van der Waals surface area (Å²) < 4.78 is 67.7. The quantitative estimate of drug-likeness (QED) is 0.192. The molecule has 2 saturated heterocycles. The number of carbonyl (C=O) groups is 2. The van der Waals surface area contributed by atoms with Gasteiger partial charge in [0.05, 0.1) is 44.0 Å². The molecule has 49 heavy (non-hydrogen) atoms. The first kappa shape index (κ1) is 33.4. The van der Waals surface area contributed by atoms with Gasteiger partial charge in [-0.15, -0.1) is 13.2 Å². The van der Waals surface area contributed by atoms with Crippen molar-refractivity contribution in [1.29, 1.82) is 0 Å². The molecule has 2 aromatic heterocycles. The first-order chi connectivity index (χ1) is 23.2. The number of nitrogens with zero attached hydrogens (tertiary/aromatic N) is 5. The highest BCUT2D eigenvalue weighted by Gasteiger charge is 2.41. The maximum Gasteiger partial charge on any atom is 0.573 e. The second-order valence-electron chi connectivity index (χ2n) is 11.8. The van der Waals surface area contributed by atoms with E-state index in [0.29, 0.717) is 33.5 Å². The lowest BCUT2D eigenvalue weighted by molar-refractivity contribution is -0.274. The molecule has 0 radical (unpaired) electrons. The average Bonchev–Trinajstić information content (AvgIpc) is 3.32. The summed E-state index contributed by atoms with van der Waals surface area (Å²) in [6.07, 6.45) is -4.42. The highest BCUT2D eigenvalue weighted by Crippen LogP contribution is 2.39. The fourth-order valence-corrected chi connectivity index (χ4v) is 6.02. The molecule has 0 saturated carbocycles. The first-order valence-electron chi connectivity index (χ1n) is 15.2. The van der Waals surface area contributed by atoms with Crippen LogP contribution in [0.2, 0.25) is 0 Å². The molecule has 4 aromatic rings. The van der Waals surface area contributed by atoms with Crippen LogP contribution in [0.5, 0.6) is 11.6 Å². The number of anilines is 1. The lowest BCUT2D eigenvalue weighted by Gasteiger charge is -2.34. The van der Waals surface area contributed by atoms with E-state index < -0.39 is 42.5 Å². The van der Waals surface area contributed by atoms with Gasteiger partial charge in [0.1, 0.15) is 18.0 Å². The van der Waals surface area contributed by atoms with Crippen LogP contribution >= 0.6 is 0 Å². The lowest BCUT2D eigenvalue weighted by atomic mass is 9.93. The van der Waals surface area contributed by atoms with Gasteiger partial charge in [-0.3, -0.25) is 4.90 Å². The van der Waals surface area contributed by atoms with E-state index >= 15 is 0 Å². The molecular weight excluding hydrogens is 650 g/mol. The zero-order valence-electron chi connectivity index (χ0n) is 26.8. The molecule has 2 atom stereocenters. The molecule has 11 nitrogen and oxygen atoms in total. The fourth-order valence-electron chi connectivity index (χ4n) is 6.02. The molecule has 0 aliphatic carbocycles. The number of hydrogen-bond donors (Lipinski definition) is 1. The number of carboxylic acids is 1. The Morgan fingerprint density at radius 3 is 2.47 bits per heavy atom. The van der Waals surface area contributed by atoms with E-state index in [4.69, 9.17) is 14.5 Å². The van der Waals surface area contributed by atoms with Crippen molar-refractivity contribution < 1.29 is 46.5 Å². The molecule has 2 aliphatic rings. The predicted molar refractivity (Wildman–Crippen MR) is 168 cm³/mol. The van der Waals surface area contributed by atoms with Crippen molar-refractivity contribution in [1.82, 2.24) is 19.9 Å². The monoisotopic (exact) mass is 681 g/mol. The standard InChI is InChI=1S/C34H31F4N5O6/c1-17-18(2)25(31(44)45)9-8-24(17)21-11-26(30(47-4)39-12-21)27-13-40-32(42-14-22(35)15-42)41-28(27)16-43-19(3)29(48-33(43)46)20-6-5-7-23(10-20)49-34(36,37)38/h5-13,19,22,29H,14-16H2,1-4H3,(H,44,45)/t19-,29-/m0/s1. The van der Waals surface area contributed by atoms with Crippen LogP contribution in [0.3, 0.4) is 0 Å². The lowest BCUT2D eigenvalue weighted by Crippen LogP contribution is -2.49. The van der Waals surface area contributed by atoms with Crippen molar-refractivity contribution in [2.24, 2.45) is 0 Å². The van der Waals surface area contributed by atoms with Crippen LogP contribution in [0.25, 0.3) is 22.3 Å². The van der Waals surface area contributed by atoms with Crippen LogP contribution in [0.1, 0.15) is 45.8 Å². The highest BCUT2D eigenvalue weighted by molar-refractivity contribution is 5.91. The number of methoxy groups -OCH3 is 1. The van der Waals surface area contributed by atoms with Gasteiger partial charge < -0.3 is 24.2 Å². The van der Waals surface area contributed by atoms with Crippen molar-refractivity contribution in [2.75, 3.05) is 25.1 Å². The summed E-state index contributed by atoms with van der Waals surface area (Å²) in [7, 11) is 1.44. The number of rotatable bonds is 9. The zero-order chi connectivity index (χ0) is 35.2. The molecule has 0 spiro atoms. The number of pyridine rings is 1. The Morgan fingerprint density at radius 1 is 1.04 bits per heavy atom. The van der Waals surface area contributed by atoms with Gasteiger partial charge in [-0.2, -0.15) is 0 Å². The smallest absolute Gasteiger partial charge is 0.481 e. The normalized spacial score (nSPS) is 17.9. The molecule has 6 rings (SSSR count). The first-order valence-corrected chi connectivity index (χ1v) is 15.2. The second-order valence-corrected chi connectivity index (χ2v) is 11.8. The maximum absolute atomic E-state index is 13.8. The summed E-state index contributed by atoms with van der Waals surface area (Å²) in [4.78, 5) is 41.8. The number of aromatic carboxylic acids is 1. The summed E-state index contributed by atoms with van der Waals surface area (Å²) in [6, 6.07) is 9.63. The number of halogens is 4. The SMILES string of the molecule is COc1ncc(-c2ccc(C(=O)O)c(C)c2C)cc1-c1cnc(N2CC(F)C2)nc1CN1C(=O)O[C@H](c2cccc(OC(F)(F)F)c2)[C@@H]1C. The molecule has 1 amide bonds. The Bertz CT molecular complexity index is 1930. The number of amides is 1. The number of carboxylic acid groups (broad SMARTS) is 1. The molecule has 2 aliphatic heterocycles. The van der Waals surface area contributed by atoms with Gasteiger partial charge in [0.2, 0.25) is 11.8 Å². The zero-order valence-corrected chi connectivity index (χ0v) is 26.8. The van der Waals surface area contributed by atoms with Gasteiger partial charge in [0.15, 0.2) is 0 Å². The molecule has 4 heterocycles. The summed E-state index contributed by atoms with van der Waals surface area (Å²) in [5.74, 6) is -1.01. The molecule has 0 unspecified atom stereocenters. The van der Waals surface area contributed by atoms with E-state index in [-0.39, 0.29) is 37.0 Å².